The lowest BCUT2D eigenvalue weighted by Crippen LogP contribution is -2.30. The summed E-state index contributed by atoms with van der Waals surface area (Å²) in [5.41, 5.74) is 4.69. The minimum Gasteiger partial charge on any atom is -0.381 e. The molecule has 1 saturated heterocycles. The molecule has 1 aliphatic carbocycles. The predicted molar refractivity (Wildman–Crippen MR) is 135 cm³/mol. The van der Waals surface area contributed by atoms with E-state index in [0.717, 1.165) is 65.4 Å². The van der Waals surface area contributed by atoms with E-state index in [1.165, 1.54) is 0 Å². The molecular weight excluding hydrogens is 445 g/mol. The van der Waals surface area contributed by atoms with Crippen LogP contribution in [0.5, 0.6) is 0 Å². The lowest BCUT2D eigenvalue weighted by molar-refractivity contribution is 0.0681. The third-order valence-electron chi connectivity index (χ3n) is 7.22. The molecule has 2 fully saturated rings. The number of nitrogens with one attached hydrogen (secondary N) is 1. The molecular formula is C26H30FN7O. The van der Waals surface area contributed by atoms with E-state index in [4.69, 9.17) is 24.8 Å². The van der Waals surface area contributed by atoms with E-state index in [2.05, 4.69) is 5.32 Å². The van der Waals surface area contributed by atoms with Crippen LogP contribution >= 0.6 is 0 Å². The fraction of sp³-hybridized carbons (Fsp3) is 0.462. The number of hydrogen-bond donors (Lipinski definition) is 1. The highest BCUT2D eigenvalue weighted by Crippen LogP contribution is 2.30. The maximum Gasteiger partial charge on any atom is 0.160 e. The molecule has 6 rings (SSSR count). The number of hydrogen-bond acceptors (Lipinski definition) is 7. The van der Waals surface area contributed by atoms with Crippen molar-refractivity contribution >= 4 is 28.3 Å². The highest BCUT2D eigenvalue weighted by Gasteiger charge is 2.26. The van der Waals surface area contributed by atoms with Crippen molar-refractivity contribution in [3.8, 4) is 11.4 Å². The first-order valence-corrected chi connectivity index (χ1v) is 12.4. The summed E-state index contributed by atoms with van der Waals surface area (Å²) in [6, 6.07) is 12.1. The quantitative estimate of drug-likeness (QED) is 0.453. The third kappa shape index (κ3) is 4.29. The van der Waals surface area contributed by atoms with Crippen molar-refractivity contribution in [2.75, 3.05) is 30.4 Å². The number of rotatable bonds is 5. The van der Waals surface area contributed by atoms with Crippen LogP contribution in [-0.2, 0) is 4.74 Å². The molecule has 8 nitrogen and oxygen atoms in total. The molecule has 2 aliphatic rings. The van der Waals surface area contributed by atoms with Crippen molar-refractivity contribution < 1.29 is 9.13 Å². The van der Waals surface area contributed by atoms with E-state index in [1.54, 1.807) is 7.11 Å². The van der Waals surface area contributed by atoms with Gasteiger partial charge in [-0.2, -0.15) is 9.61 Å². The van der Waals surface area contributed by atoms with Gasteiger partial charge in [0.2, 0.25) is 0 Å². The molecule has 1 saturated carbocycles. The molecule has 4 aromatic rings. The Bertz CT molecular complexity index is 1360. The maximum absolute atomic E-state index is 14.0. The van der Waals surface area contributed by atoms with E-state index in [1.807, 2.05) is 52.7 Å². The zero-order valence-electron chi connectivity index (χ0n) is 20.1. The molecule has 0 spiro atoms. The van der Waals surface area contributed by atoms with Gasteiger partial charge in [0.15, 0.2) is 5.65 Å². The van der Waals surface area contributed by atoms with Crippen LogP contribution < -0.4 is 10.2 Å². The van der Waals surface area contributed by atoms with Crippen molar-refractivity contribution in [1.82, 2.24) is 24.6 Å². The average molecular weight is 476 g/mol. The van der Waals surface area contributed by atoms with Crippen LogP contribution in [0.2, 0.25) is 0 Å². The molecule has 35 heavy (non-hydrogen) atoms. The first kappa shape index (κ1) is 22.2. The number of halogens is 1. The van der Waals surface area contributed by atoms with Gasteiger partial charge < -0.3 is 15.0 Å². The average Bonchev–Trinajstić information content (AvgIpc) is 3.50. The molecule has 182 valence electrons. The molecule has 9 heteroatoms. The van der Waals surface area contributed by atoms with Gasteiger partial charge >= 0.3 is 0 Å². The summed E-state index contributed by atoms with van der Waals surface area (Å²) in [6.07, 6.45) is 4.16. The minimum atomic E-state index is -0.815. The number of methoxy groups -OCH3 is 1. The number of aromatic nitrogens is 5. The second-order valence-corrected chi connectivity index (χ2v) is 9.63. The van der Waals surface area contributed by atoms with Gasteiger partial charge in [0.25, 0.3) is 0 Å². The second kappa shape index (κ2) is 9.03. The van der Waals surface area contributed by atoms with Crippen LogP contribution in [0, 0.1) is 6.92 Å². The lowest BCUT2D eigenvalue weighted by Gasteiger charge is -2.29. The summed E-state index contributed by atoms with van der Waals surface area (Å²) in [7, 11) is 1.79. The summed E-state index contributed by atoms with van der Waals surface area (Å²) in [6.45, 7) is 2.99. The molecule has 0 radical (unpaired) electrons. The zero-order chi connectivity index (χ0) is 23.9. The van der Waals surface area contributed by atoms with Gasteiger partial charge in [0, 0.05) is 31.8 Å². The topological polar surface area (TPSA) is 80.5 Å². The van der Waals surface area contributed by atoms with E-state index < -0.39 is 6.17 Å². The molecule has 3 aromatic heterocycles. The SMILES string of the molecule is COC1CCC(Nc2cc(N3CC[C@H](F)C3)nc3cc(-c4nc5ccccc5nc4C)nn23)CC1. The Hall–Kier alpha value is -3.33. The second-order valence-electron chi connectivity index (χ2n) is 9.63. The van der Waals surface area contributed by atoms with Crippen LogP contribution in [0.15, 0.2) is 36.4 Å². The lowest BCUT2D eigenvalue weighted by atomic mass is 9.93. The van der Waals surface area contributed by atoms with Gasteiger partial charge in [-0.1, -0.05) is 12.1 Å². The normalized spacial score (nSPS) is 22.8. The standard InChI is InChI=1S/C26H30FN7O/c1-16-26(30-21-6-4-3-5-20(21)28-16)22-13-24-31-23(33-12-11-17(27)15-33)14-25(34(24)32-22)29-18-7-9-19(35-2)10-8-18/h3-6,13-14,17-19,29H,7-12,15H2,1-2H3/t17-,18?,19?/m0/s1. The molecule has 0 unspecified atom stereocenters. The molecule has 0 amide bonds. The van der Waals surface area contributed by atoms with Gasteiger partial charge in [-0.05, 0) is 51.2 Å². The fourth-order valence-corrected chi connectivity index (χ4v) is 5.25. The molecule has 1 aliphatic heterocycles. The molecule has 0 bridgehead atoms. The largest absolute Gasteiger partial charge is 0.381 e. The van der Waals surface area contributed by atoms with Gasteiger partial charge in [0.05, 0.1) is 29.4 Å². The van der Waals surface area contributed by atoms with E-state index in [0.29, 0.717) is 37.3 Å². The van der Waals surface area contributed by atoms with Crippen molar-refractivity contribution in [3.63, 3.8) is 0 Å². The highest BCUT2D eigenvalue weighted by molar-refractivity contribution is 5.78. The zero-order valence-corrected chi connectivity index (χ0v) is 20.1. The summed E-state index contributed by atoms with van der Waals surface area (Å²) in [5, 5.41) is 8.60. The Morgan fingerprint density at radius 2 is 1.77 bits per heavy atom. The van der Waals surface area contributed by atoms with E-state index in [9.17, 15) is 4.39 Å². The number of fused-ring (bicyclic) bond motifs is 2. The number of aryl methyl sites for hydroxylation is 1. The van der Waals surface area contributed by atoms with Crippen molar-refractivity contribution in [3.05, 3.63) is 42.1 Å². The van der Waals surface area contributed by atoms with Gasteiger partial charge in [-0.25, -0.2) is 19.3 Å². The Kier molecular flexibility index (Phi) is 5.72. The van der Waals surface area contributed by atoms with Crippen LogP contribution in [0.1, 0.15) is 37.8 Å². The van der Waals surface area contributed by atoms with Crippen LogP contribution in [0.25, 0.3) is 28.1 Å². The Morgan fingerprint density at radius 3 is 2.49 bits per heavy atom. The molecule has 1 aromatic carbocycles. The van der Waals surface area contributed by atoms with Gasteiger partial charge in [0.1, 0.15) is 29.2 Å². The Labute approximate surface area is 203 Å². The molecule has 4 heterocycles. The Balaban J connectivity index is 1.41. The van der Waals surface area contributed by atoms with Crippen LogP contribution in [-0.4, -0.2) is 63.1 Å². The first-order valence-electron chi connectivity index (χ1n) is 12.4. The first-order chi connectivity index (χ1) is 17.1. The maximum atomic E-state index is 14.0. The minimum absolute atomic E-state index is 0.321. The monoisotopic (exact) mass is 475 g/mol. The number of ether oxygens (including phenoxy) is 1. The summed E-state index contributed by atoms with van der Waals surface area (Å²) in [5.74, 6) is 1.64. The number of alkyl halides is 1. The summed E-state index contributed by atoms with van der Waals surface area (Å²) < 4.78 is 21.4. The molecule has 1 atom stereocenters. The van der Waals surface area contributed by atoms with E-state index >= 15 is 0 Å². The van der Waals surface area contributed by atoms with Crippen LogP contribution in [0.4, 0.5) is 16.0 Å². The number of para-hydroxylation sites is 2. The van der Waals surface area contributed by atoms with Crippen molar-refractivity contribution in [2.45, 2.75) is 57.3 Å². The van der Waals surface area contributed by atoms with Crippen molar-refractivity contribution in [1.29, 1.82) is 0 Å². The van der Waals surface area contributed by atoms with Crippen LogP contribution in [0.3, 0.4) is 0 Å². The molecule has 1 N–H and O–H groups in total. The number of benzene rings is 1. The predicted octanol–water partition coefficient (Wildman–Crippen LogP) is 4.57. The third-order valence-corrected chi connectivity index (χ3v) is 7.22. The summed E-state index contributed by atoms with van der Waals surface area (Å²) in [4.78, 5) is 16.5. The van der Waals surface area contributed by atoms with Gasteiger partial charge in [-0.15, -0.1) is 0 Å². The highest BCUT2D eigenvalue weighted by atomic mass is 19.1. The van der Waals surface area contributed by atoms with E-state index in [-0.39, 0.29) is 0 Å². The van der Waals surface area contributed by atoms with Gasteiger partial charge in [-0.3, -0.25) is 0 Å². The fourth-order valence-electron chi connectivity index (χ4n) is 5.25. The van der Waals surface area contributed by atoms with Crippen molar-refractivity contribution in [2.24, 2.45) is 0 Å². The summed E-state index contributed by atoms with van der Waals surface area (Å²) >= 11 is 0. The smallest absolute Gasteiger partial charge is 0.160 e. The Morgan fingerprint density at radius 1 is 1.00 bits per heavy atom. The number of nitrogens with zero attached hydrogens (tertiary/aromatic N) is 6. The number of anilines is 2.